The van der Waals surface area contributed by atoms with Crippen molar-refractivity contribution in [2.45, 2.75) is 19.5 Å². The van der Waals surface area contributed by atoms with Crippen molar-refractivity contribution in [2.75, 3.05) is 7.11 Å². The lowest BCUT2D eigenvalue weighted by Crippen LogP contribution is -2.18. The molecular weight excluding hydrogens is 401 g/mol. The second-order valence-electron chi connectivity index (χ2n) is 4.73. The summed E-state index contributed by atoms with van der Waals surface area (Å²) < 4.78 is 20.3. The van der Waals surface area contributed by atoms with Crippen molar-refractivity contribution in [3.63, 3.8) is 0 Å². The zero-order chi connectivity index (χ0) is 15.4. The first-order valence-corrected chi connectivity index (χ1v) is 8.10. The molecule has 0 saturated heterocycles. The third kappa shape index (κ3) is 4.28. The number of hydrogen-bond acceptors (Lipinski definition) is 2. The van der Waals surface area contributed by atoms with E-state index in [1.54, 1.807) is 19.2 Å². The van der Waals surface area contributed by atoms with Gasteiger partial charge in [-0.15, -0.1) is 0 Å². The van der Waals surface area contributed by atoms with Crippen LogP contribution in [0.4, 0.5) is 4.39 Å². The fourth-order valence-corrected chi connectivity index (χ4v) is 3.58. The lowest BCUT2D eigenvalue weighted by Gasteiger charge is -2.17. The molecule has 2 aromatic rings. The molecule has 2 aromatic carbocycles. The monoisotopic (exact) mass is 415 g/mol. The Hall–Kier alpha value is -0.910. The minimum atomic E-state index is -0.219. The molecule has 0 amide bonds. The van der Waals surface area contributed by atoms with E-state index < -0.39 is 0 Å². The summed E-state index contributed by atoms with van der Waals surface area (Å²) in [6, 6.07) is 10.6. The third-order valence-corrected chi connectivity index (χ3v) is 4.31. The third-order valence-electron chi connectivity index (χ3n) is 3.26. The second-order valence-corrected chi connectivity index (χ2v) is 6.50. The largest absolute Gasteiger partial charge is 0.495 e. The number of methoxy groups -OCH3 is 1. The normalized spacial score (nSPS) is 12.2. The lowest BCUT2D eigenvalue weighted by molar-refractivity contribution is 0.403. The van der Waals surface area contributed by atoms with E-state index in [0.717, 1.165) is 25.8 Å². The van der Waals surface area contributed by atoms with E-state index in [1.165, 1.54) is 12.1 Å². The Kier molecular flexibility index (Phi) is 5.79. The van der Waals surface area contributed by atoms with Gasteiger partial charge in [0.25, 0.3) is 0 Å². The van der Waals surface area contributed by atoms with E-state index in [4.69, 9.17) is 4.74 Å². The Morgan fingerprint density at radius 3 is 2.48 bits per heavy atom. The molecule has 0 aromatic heterocycles. The highest BCUT2D eigenvalue weighted by Crippen LogP contribution is 2.32. The maximum absolute atomic E-state index is 12.9. The molecule has 1 N–H and O–H groups in total. The summed E-state index contributed by atoms with van der Waals surface area (Å²) in [4.78, 5) is 0. The van der Waals surface area contributed by atoms with Gasteiger partial charge in [-0.2, -0.15) is 0 Å². The van der Waals surface area contributed by atoms with E-state index in [1.807, 2.05) is 19.1 Å². The van der Waals surface area contributed by atoms with Crippen LogP contribution >= 0.6 is 31.9 Å². The number of benzene rings is 2. The Bertz CT molecular complexity index is 616. The topological polar surface area (TPSA) is 21.3 Å². The molecule has 0 spiro atoms. The molecule has 1 atom stereocenters. The Balaban J connectivity index is 2.10. The fraction of sp³-hybridized carbons (Fsp3) is 0.250. The first kappa shape index (κ1) is 16.5. The van der Waals surface area contributed by atoms with Gasteiger partial charge in [-0.3, -0.25) is 0 Å². The fourth-order valence-electron chi connectivity index (χ4n) is 2.11. The highest BCUT2D eigenvalue weighted by molar-refractivity contribution is 9.11. The first-order valence-electron chi connectivity index (χ1n) is 6.52. The molecule has 0 unspecified atom stereocenters. The summed E-state index contributed by atoms with van der Waals surface area (Å²) in [6.45, 7) is 2.70. The van der Waals surface area contributed by atoms with Gasteiger partial charge in [-0.1, -0.05) is 28.1 Å². The number of rotatable bonds is 5. The highest BCUT2D eigenvalue weighted by atomic mass is 79.9. The van der Waals surface area contributed by atoms with Crippen molar-refractivity contribution in [1.29, 1.82) is 0 Å². The van der Waals surface area contributed by atoms with Crippen molar-refractivity contribution < 1.29 is 9.13 Å². The van der Waals surface area contributed by atoms with Gasteiger partial charge >= 0.3 is 0 Å². The van der Waals surface area contributed by atoms with Gasteiger partial charge in [0.2, 0.25) is 0 Å². The molecule has 0 bridgehead atoms. The van der Waals surface area contributed by atoms with Crippen LogP contribution in [0.2, 0.25) is 0 Å². The van der Waals surface area contributed by atoms with Gasteiger partial charge < -0.3 is 10.1 Å². The van der Waals surface area contributed by atoms with E-state index in [9.17, 15) is 4.39 Å². The van der Waals surface area contributed by atoms with Crippen LogP contribution < -0.4 is 10.1 Å². The van der Waals surface area contributed by atoms with Crippen molar-refractivity contribution in [3.8, 4) is 5.75 Å². The highest BCUT2D eigenvalue weighted by Gasteiger charge is 2.11. The summed E-state index contributed by atoms with van der Waals surface area (Å²) >= 11 is 6.97. The van der Waals surface area contributed by atoms with E-state index in [-0.39, 0.29) is 11.9 Å². The molecule has 0 aliphatic carbocycles. The zero-order valence-corrected chi connectivity index (χ0v) is 15.0. The molecule has 21 heavy (non-hydrogen) atoms. The predicted octanol–water partition coefficient (Wildman–Crippen LogP) is 5.21. The van der Waals surface area contributed by atoms with Gasteiger partial charge in [-0.25, -0.2) is 4.39 Å². The maximum atomic E-state index is 12.9. The molecule has 2 rings (SSSR count). The zero-order valence-electron chi connectivity index (χ0n) is 11.8. The standard InChI is InChI=1S/C16H16Br2FNO/c1-10(11-3-5-14(19)6-4-11)20-9-12-7-13(17)8-15(18)16(12)21-2/h3-8,10,20H,9H2,1-2H3/t10-/m0/s1. The first-order chi connectivity index (χ1) is 10.0. The molecule has 0 fully saturated rings. The van der Waals surface area contributed by atoms with Crippen molar-refractivity contribution in [1.82, 2.24) is 5.32 Å². The average Bonchev–Trinajstić information content (AvgIpc) is 2.45. The number of halogens is 3. The number of ether oxygens (including phenoxy) is 1. The maximum Gasteiger partial charge on any atom is 0.137 e. The van der Waals surface area contributed by atoms with Gasteiger partial charge in [0, 0.05) is 22.6 Å². The van der Waals surface area contributed by atoms with E-state index in [2.05, 4.69) is 37.2 Å². The molecule has 112 valence electrons. The van der Waals surface area contributed by atoms with E-state index >= 15 is 0 Å². The predicted molar refractivity (Wildman–Crippen MR) is 90.0 cm³/mol. The van der Waals surface area contributed by atoms with Crippen LogP contribution in [0.15, 0.2) is 45.3 Å². The Morgan fingerprint density at radius 1 is 1.19 bits per heavy atom. The minimum Gasteiger partial charge on any atom is -0.495 e. The molecule has 0 aliphatic rings. The van der Waals surface area contributed by atoms with E-state index in [0.29, 0.717) is 6.54 Å². The molecule has 0 heterocycles. The van der Waals surface area contributed by atoms with Crippen LogP contribution in [0.3, 0.4) is 0 Å². The van der Waals surface area contributed by atoms with Crippen molar-refractivity contribution in [3.05, 3.63) is 62.3 Å². The van der Waals surface area contributed by atoms with Crippen LogP contribution in [0, 0.1) is 5.82 Å². The summed E-state index contributed by atoms with van der Waals surface area (Å²) in [5, 5.41) is 3.42. The van der Waals surface area contributed by atoms with Gasteiger partial charge in [0.1, 0.15) is 11.6 Å². The second kappa shape index (κ2) is 7.38. The number of hydrogen-bond donors (Lipinski definition) is 1. The summed E-state index contributed by atoms with van der Waals surface area (Å²) in [5.41, 5.74) is 2.09. The molecule has 0 radical (unpaired) electrons. The van der Waals surface area contributed by atoms with Crippen LogP contribution in [0.25, 0.3) is 0 Å². The minimum absolute atomic E-state index is 0.119. The van der Waals surface area contributed by atoms with Crippen LogP contribution in [0.1, 0.15) is 24.1 Å². The quantitative estimate of drug-likeness (QED) is 0.722. The van der Waals surface area contributed by atoms with Crippen molar-refractivity contribution >= 4 is 31.9 Å². The smallest absolute Gasteiger partial charge is 0.137 e. The summed E-state index contributed by atoms with van der Waals surface area (Å²) in [7, 11) is 1.65. The Morgan fingerprint density at radius 2 is 1.86 bits per heavy atom. The molecule has 5 heteroatoms. The van der Waals surface area contributed by atoms with Gasteiger partial charge in [0.05, 0.1) is 11.6 Å². The number of nitrogens with one attached hydrogen (secondary N) is 1. The van der Waals surface area contributed by atoms with Gasteiger partial charge in [0.15, 0.2) is 0 Å². The molecule has 0 aliphatic heterocycles. The lowest BCUT2D eigenvalue weighted by atomic mass is 10.1. The van der Waals surface area contributed by atoms with Crippen LogP contribution in [-0.2, 0) is 6.54 Å². The summed E-state index contributed by atoms with van der Waals surface area (Å²) in [6.07, 6.45) is 0. The Labute approximate surface area is 141 Å². The summed E-state index contributed by atoms with van der Waals surface area (Å²) in [5.74, 6) is 0.598. The van der Waals surface area contributed by atoms with Crippen molar-refractivity contribution in [2.24, 2.45) is 0 Å². The van der Waals surface area contributed by atoms with Gasteiger partial charge in [-0.05, 0) is 52.7 Å². The van der Waals surface area contributed by atoms with Crippen LogP contribution in [-0.4, -0.2) is 7.11 Å². The molecule has 2 nitrogen and oxygen atoms in total. The molecule has 0 saturated carbocycles. The average molecular weight is 417 g/mol. The SMILES string of the molecule is COc1c(Br)cc(Br)cc1CN[C@@H](C)c1ccc(F)cc1. The van der Waals surface area contributed by atoms with Crippen LogP contribution in [0.5, 0.6) is 5.75 Å². The molecular formula is C16H16Br2FNO.